The fraction of sp³-hybridized carbons (Fsp3) is 1.00. The Labute approximate surface area is 82.9 Å². The van der Waals surface area contributed by atoms with E-state index < -0.39 is 0 Å². The summed E-state index contributed by atoms with van der Waals surface area (Å²) in [4.78, 5) is 0. The Balaban J connectivity index is 1.85. The molecule has 1 heteroatoms. The molecule has 1 rings (SSSR count). The number of rotatable bonds is 8. The van der Waals surface area contributed by atoms with Crippen LogP contribution in [0.2, 0.25) is 0 Å². The van der Waals surface area contributed by atoms with Crippen LogP contribution in [0.25, 0.3) is 0 Å². The van der Waals surface area contributed by atoms with Crippen molar-refractivity contribution in [2.45, 2.75) is 77.4 Å². The third-order valence-electron chi connectivity index (χ3n) is 2.87. The molecule has 1 aliphatic heterocycles. The van der Waals surface area contributed by atoms with Crippen molar-refractivity contribution in [2.75, 3.05) is 0 Å². The Kier molecular flexibility index (Phi) is 5.45. The van der Waals surface area contributed by atoms with E-state index in [4.69, 9.17) is 4.74 Å². The lowest BCUT2D eigenvalue weighted by Crippen LogP contribution is -1.94. The van der Waals surface area contributed by atoms with Crippen molar-refractivity contribution < 1.29 is 4.74 Å². The highest BCUT2D eigenvalue weighted by Gasteiger charge is 2.36. The van der Waals surface area contributed by atoms with Crippen molar-refractivity contribution in [2.24, 2.45) is 0 Å². The van der Waals surface area contributed by atoms with Crippen LogP contribution in [0.15, 0.2) is 0 Å². The van der Waals surface area contributed by atoms with Gasteiger partial charge in [0.15, 0.2) is 0 Å². The summed E-state index contributed by atoms with van der Waals surface area (Å²) in [5, 5.41) is 0. The molecule has 1 saturated heterocycles. The molecule has 2 atom stereocenters. The lowest BCUT2D eigenvalue weighted by Gasteiger charge is -1.95. The minimum atomic E-state index is 0.642. The number of ether oxygens (including phenoxy) is 1. The molecule has 0 spiro atoms. The van der Waals surface area contributed by atoms with E-state index >= 15 is 0 Å². The predicted octanol–water partition coefficient (Wildman–Crippen LogP) is 3.91. The molecule has 0 N–H and O–H groups in total. The van der Waals surface area contributed by atoms with E-state index in [-0.39, 0.29) is 0 Å². The van der Waals surface area contributed by atoms with Crippen LogP contribution in [0.5, 0.6) is 0 Å². The van der Waals surface area contributed by atoms with Crippen LogP contribution in [-0.2, 0) is 4.74 Å². The predicted molar refractivity (Wildman–Crippen MR) is 56.9 cm³/mol. The minimum Gasteiger partial charge on any atom is -0.370 e. The molecule has 13 heavy (non-hydrogen) atoms. The first-order valence-electron chi connectivity index (χ1n) is 6.04. The minimum absolute atomic E-state index is 0.642. The van der Waals surface area contributed by atoms with Gasteiger partial charge in [0.25, 0.3) is 0 Å². The summed E-state index contributed by atoms with van der Waals surface area (Å²) >= 11 is 0. The monoisotopic (exact) mass is 184 g/mol. The SMILES string of the molecule is CCCCC[C@H]1O[C@@H]1CCCCC. The first-order chi connectivity index (χ1) is 6.38. The molecule has 0 aromatic carbocycles. The molecule has 0 bridgehead atoms. The Morgan fingerprint density at radius 3 is 1.62 bits per heavy atom. The first-order valence-corrected chi connectivity index (χ1v) is 6.04. The maximum Gasteiger partial charge on any atom is 0.0841 e. The van der Waals surface area contributed by atoms with Gasteiger partial charge in [0.2, 0.25) is 0 Å². The van der Waals surface area contributed by atoms with Gasteiger partial charge in [0.1, 0.15) is 0 Å². The second-order valence-corrected chi connectivity index (χ2v) is 4.20. The van der Waals surface area contributed by atoms with Crippen molar-refractivity contribution in [3.63, 3.8) is 0 Å². The molecule has 0 unspecified atom stereocenters. The molecule has 1 aliphatic rings. The van der Waals surface area contributed by atoms with Crippen LogP contribution >= 0.6 is 0 Å². The number of epoxide rings is 1. The van der Waals surface area contributed by atoms with Crippen molar-refractivity contribution in [3.05, 3.63) is 0 Å². The van der Waals surface area contributed by atoms with Gasteiger partial charge >= 0.3 is 0 Å². The van der Waals surface area contributed by atoms with E-state index in [0.717, 1.165) is 0 Å². The third kappa shape index (κ3) is 4.66. The fourth-order valence-corrected chi connectivity index (χ4v) is 1.88. The molecular weight excluding hydrogens is 160 g/mol. The second kappa shape index (κ2) is 6.42. The zero-order chi connectivity index (χ0) is 9.52. The van der Waals surface area contributed by atoms with Gasteiger partial charge in [-0.25, -0.2) is 0 Å². The van der Waals surface area contributed by atoms with Gasteiger partial charge in [-0.05, 0) is 12.8 Å². The molecule has 0 aromatic heterocycles. The van der Waals surface area contributed by atoms with Crippen molar-refractivity contribution in [1.82, 2.24) is 0 Å². The zero-order valence-electron chi connectivity index (χ0n) is 9.22. The van der Waals surface area contributed by atoms with Gasteiger partial charge < -0.3 is 4.74 Å². The Hall–Kier alpha value is -0.0400. The summed E-state index contributed by atoms with van der Waals surface area (Å²) in [5.41, 5.74) is 0. The van der Waals surface area contributed by atoms with E-state index in [0.29, 0.717) is 12.2 Å². The van der Waals surface area contributed by atoms with Crippen LogP contribution in [0.3, 0.4) is 0 Å². The quantitative estimate of drug-likeness (QED) is 0.411. The van der Waals surface area contributed by atoms with Gasteiger partial charge in [-0.3, -0.25) is 0 Å². The van der Waals surface area contributed by atoms with E-state index in [1.54, 1.807) is 0 Å². The van der Waals surface area contributed by atoms with Gasteiger partial charge in [0.05, 0.1) is 12.2 Å². The third-order valence-corrected chi connectivity index (χ3v) is 2.87. The van der Waals surface area contributed by atoms with E-state index in [1.807, 2.05) is 0 Å². The average molecular weight is 184 g/mol. The smallest absolute Gasteiger partial charge is 0.0841 e. The molecular formula is C12H24O. The van der Waals surface area contributed by atoms with Gasteiger partial charge in [-0.15, -0.1) is 0 Å². The molecule has 1 fully saturated rings. The highest BCUT2D eigenvalue weighted by molar-refractivity contribution is 4.84. The fourth-order valence-electron chi connectivity index (χ4n) is 1.88. The normalized spacial score (nSPS) is 26.3. The lowest BCUT2D eigenvalue weighted by atomic mass is 10.1. The molecule has 1 heterocycles. The van der Waals surface area contributed by atoms with E-state index in [1.165, 1.54) is 51.4 Å². The van der Waals surface area contributed by atoms with E-state index in [9.17, 15) is 0 Å². The van der Waals surface area contributed by atoms with Gasteiger partial charge in [-0.1, -0.05) is 52.4 Å². The van der Waals surface area contributed by atoms with Gasteiger partial charge in [-0.2, -0.15) is 0 Å². The van der Waals surface area contributed by atoms with Crippen molar-refractivity contribution >= 4 is 0 Å². The van der Waals surface area contributed by atoms with Crippen LogP contribution in [0.1, 0.15) is 65.2 Å². The van der Waals surface area contributed by atoms with E-state index in [2.05, 4.69) is 13.8 Å². The standard InChI is InChI=1S/C12H24O/c1-3-5-7-9-11-12(13-11)10-8-6-4-2/h11-12H,3-10H2,1-2H3/t11-,12-/m1/s1. The molecule has 0 amide bonds. The van der Waals surface area contributed by atoms with Crippen molar-refractivity contribution in [1.29, 1.82) is 0 Å². The van der Waals surface area contributed by atoms with Crippen LogP contribution in [0.4, 0.5) is 0 Å². The molecule has 0 aliphatic carbocycles. The van der Waals surface area contributed by atoms with Gasteiger partial charge in [0, 0.05) is 0 Å². The zero-order valence-corrected chi connectivity index (χ0v) is 9.22. The average Bonchev–Trinajstić information content (AvgIpc) is 2.85. The Morgan fingerprint density at radius 2 is 1.23 bits per heavy atom. The summed E-state index contributed by atoms with van der Waals surface area (Å²) in [5.74, 6) is 0. The number of hydrogen-bond donors (Lipinski definition) is 0. The lowest BCUT2D eigenvalue weighted by molar-refractivity contribution is 0.349. The Bertz CT molecular complexity index is 108. The Morgan fingerprint density at radius 1 is 0.769 bits per heavy atom. The molecule has 0 radical (unpaired) electrons. The largest absolute Gasteiger partial charge is 0.370 e. The summed E-state index contributed by atoms with van der Waals surface area (Å²) < 4.78 is 5.61. The van der Waals surface area contributed by atoms with Crippen LogP contribution < -0.4 is 0 Å². The van der Waals surface area contributed by atoms with Crippen molar-refractivity contribution in [3.8, 4) is 0 Å². The maximum atomic E-state index is 5.61. The van der Waals surface area contributed by atoms with Crippen LogP contribution in [0, 0.1) is 0 Å². The summed E-state index contributed by atoms with van der Waals surface area (Å²) in [6.07, 6.45) is 12.0. The highest BCUT2D eigenvalue weighted by Crippen LogP contribution is 2.31. The summed E-state index contributed by atoms with van der Waals surface area (Å²) in [6.45, 7) is 4.51. The molecule has 1 nitrogen and oxygen atoms in total. The summed E-state index contributed by atoms with van der Waals surface area (Å²) in [6, 6.07) is 0. The highest BCUT2D eigenvalue weighted by atomic mass is 16.6. The maximum absolute atomic E-state index is 5.61. The molecule has 0 saturated carbocycles. The number of unbranched alkanes of at least 4 members (excludes halogenated alkanes) is 4. The van der Waals surface area contributed by atoms with Crippen LogP contribution in [-0.4, -0.2) is 12.2 Å². The molecule has 78 valence electrons. The number of hydrogen-bond acceptors (Lipinski definition) is 1. The molecule has 0 aromatic rings. The summed E-state index contributed by atoms with van der Waals surface area (Å²) in [7, 11) is 0. The first kappa shape index (κ1) is 11.0. The second-order valence-electron chi connectivity index (χ2n) is 4.20. The topological polar surface area (TPSA) is 12.5 Å².